The van der Waals surface area contributed by atoms with Gasteiger partial charge in [0.15, 0.2) is 5.96 Å². The number of hydrogen-bond acceptors (Lipinski definition) is 4. The zero-order valence-electron chi connectivity index (χ0n) is 15.3. The molecule has 2 rings (SSSR count). The Morgan fingerprint density at radius 2 is 2.04 bits per heavy atom. The van der Waals surface area contributed by atoms with Gasteiger partial charge in [-0.15, -0.1) is 24.0 Å². The van der Waals surface area contributed by atoms with Gasteiger partial charge in [0.2, 0.25) is 5.89 Å². The fourth-order valence-corrected chi connectivity index (χ4v) is 2.03. The van der Waals surface area contributed by atoms with Crippen molar-refractivity contribution in [2.45, 2.75) is 52.7 Å². The lowest BCUT2D eigenvalue weighted by Crippen LogP contribution is -2.37. The molecule has 0 unspecified atom stereocenters. The van der Waals surface area contributed by atoms with Crippen molar-refractivity contribution in [3.05, 3.63) is 36.1 Å². The van der Waals surface area contributed by atoms with Gasteiger partial charge < -0.3 is 15.1 Å². The number of alkyl halides is 2. The van der Waals surface area contributed by atoms with Crippen LogP contribution >= 0.6 is 24.0 Å². The number of guanidine groups is 1. The lowest BCUT2D eigenvalue weighted by Gasteiger charge is -2.13. The first-order valence-corrected chi connectivity index (χ1v) is 8.08. The van der Waals surface area contributed by atoms with Gasteiger partial charge >= 0.3 is 6.55 Å². The van der Waals surface area contributed by atoms with Crippen LogP contribution in [0.4, 0.5) is 8.78 Å². The predicted molar refractivity (Wildman–Crippen MR) is 106 cm³/mol. The van der Waals surface area contributed by atoms with Crippen molar-refractivity contribution in [1.82, 2.24) is 25.2 Å². The molecule has 2 heterocycles. The Morgan fingerprint density at radius 3 is 2.62 bits per heavy atom. The van der Waals surface area contributed by atoms with Gasteiger partial charge in [-0.25, -0.2) is 15.0 Å². The average Bonchev–Trinajstić information content (AvgIpc) is 3.18. The van der Waals surface area contributed by atoms with Gasteiger partial charge in [-0.3, -0.25) is 4.57 Å². The van der Waals surface area contributed by atoms with E-state index in [2.05, 4.69) is 25.6 Å². The van der Waals surface area contributed by atoms with E-state index in [-0.39, 0.29) is 41.8 Å². The number of rotatable bonds is 6. The van der Waals surface area contributed by atoms with E-state index in [1.54, 1.807) is 6.20 Å². The summed E-state index contributed by atoms with van der Waals surface area (Å²) >= 11 is 0. The highest BCUT2D eigenvalue weighted by molar-refractivity contribution is 14.0. The molecule has 2 N–H and O–H groups in total. The van der Waals surface area contributed by atoms with Crippen LogP contribution in [0, 0.1) is 0 Å². The highest BCUT2D eigenvalue weighted by Crippen LogP contribution is 2.22. The number of aromatic nitrogens is 3. The van der Waals surface area contributed by atoms with Gasteiger partial charge in [-0.2, -0.15) is 8.78 Å². The van der Waals surface area contributed by atoms with Crippen LogP contribution in [-0.2, 0) is 18.5 Å². The second-order valence-electron chi connectivity index (χ2n) is 6.45. The summed E-state index contributed by atoms with van der Waals surface area (Å²) in [6.07, 6.45) is 4.27. The van der Waals surface area contributed by atoms with Crippen LogP contribution in [0.15, 0.2) is 28.0 Å². The van der Waals surface area contributed by atoms with Crippen molar-refractivity contribution < 1.29 is 13.2 Å². The van der Waals surface area contributed by atoms with Crippen molar-refractivity contribution in [2.24, 2.45) is 4.99 Å². The lowest BCUT2D eigenvalue weighted by molar-refractivity contribution is 0.0671. The minimum Gasteiger partial charge on any atom is -0.443 e. The second-order valence-corrected chi connectivity index (χ2v) is 6.45. The molecule has 0 aliphatic heterocycles. The Labute approximate surface area is 168 Å². The third-order valence-electron chi connectivity index (χ3n) is 3.38. The molecule has 0 radical (unpaired) electrons. The molecule has 7 nitrogen and oxygen atoms in total. The number of halogens is 3. The van der Waals surface area contributed by atoms with E-state index in [1.165, 1.54) is 12.4 Å². The molecule has 0 aromatic carbocycles. The second kappa shape index (κ2) is 9.83. The first-order chi connectivity index (χ1) is 11.8. The van der Waals surface area contributed by atoms with E-state index >= 15 is 0 Å². The monoisotopic (exact) mass is 482 g/mol. The van der Waals surface area contributed by atoms with Crippen molar-refractivity contribution >= 4 is 29.9 Å². The van der Waals surface area contributed by atoms with Crippen LogP contribution in [0.25, 0.3) is 0 Å². The summed E-state index contributed by atoms with van der Waals surface area (Å²) in [7, 11) is 0. The van der Waals surface area contributed by atoms with Crippen LogP contribution in [0.3, 0.4) is 0 Å². The van der Waals surface area contributed by atoms with E-state index in [4.69, 9.17) is 4.42 Å². The van der Waals surface area contributed by atoms with E-state index in [0.29, 0.717) is 24.9 Å². The smallest absolute Gasteiger partial charge is 0.319 e. The summed E-state index contributed by atoms with van der Waals surface area (Å²) < 4.78 is 32.1. The van der Waals surface area contributed by atoms with Crippen molar-refractivity contribution in [1.29, 1.82) is 0 Å². The minimum atomic E-state index is -2.63. The van der Waals surface area contributed by atoms with Crippen molar-refractivity contribution in [2.75, 3.05) is 6.54 Å². The summed E-state index contributed by atoms with van der Waals surface area (Å²) in [5.41, 5.74) is -0.115. The molecular formula is C16H25F2IN6O. The number of nitrogens with one attached hydrogen (secondary N) is 2. The van der Waals surface area contributed by atoms with E-state index in [1.807, 2.05) is 27.7 Å². The molecule has 0 fully saturated rings. The van der Waals surface area contributed by atoms with Gasteiger partial charge in [0.05, 0.1) is 12.7 Å². The molecule has 0 bridgehead atoms. The molecule has 26 heavy (non-hydrogen) atoms. The molecule has 0 saturated carbocycles. The normalized spacial score (nSPS) is 12.2. The summed E-state index contributed by atoms with van der Waals surface area (Å²) in [5, 5.41) is 6.12. The third-order valence-corrected chi connectivity index (χ3v) is 3.38. The molecule has 0 atom stereocenters. The van der Waals surface area contributed by atoms with Crippen LogP contribution in [0.2, 0.25) is 0 Å². The SMILES string of the molecule is CCNC(=NCc1nccn1C(F)F)NCc1ncc(C(C)(C)C)o1.I. The fourth-order valence-electron chi connectivity index (χ4n) is 2.03. The molecule has 2 aromatic rings. The predicted octanol–water partition coefficient (Wildman–Crippen LogP) is 3.44. The number of nitrogens with zero attached hydrogens (tertiary/aromatic N) is 4. The van der Waals surface area contributed by atoms with Gasteiger partial charge in [0, 0.05) is 24.4 Å². The quantitative estimate of drug-likeness (QED) is 0.375. The van der Waals surface area contributed by atoms with Crippen LogP contribution < -0.4 is 10.6 Å². The summed E-state index contributed by atoms with van der Waals surface area (Å²) in [6, 6.07) is 0. The Hall–Kier alpha value is -1.72. The molecule has 0 aliphatic rings. The maximum absolute atomic E-state index is 12.8. The van der Waals surface area contributed by atoms with E-state index < -0.39 is 6.55 Å². The molecule has 0 saturated heterocycles. The van der Waals surface area contributed by atoms with E-state index in [9.17, 15) is 8.78 Å². The molecule has 0 spiro atoms. The average molecular weight is 482 g/mol. The fraction of sp³-hybridized carbons (Fsp3) is 0.562. The number of aliphatic imine (C=N–C) groups is 1. The first-order valence-electron chi connectivity index (χ1n) is 8.08. The summed E-state index contributed by atoms with van der Waals surface area (Å²) in [4.78, 5) is 12.4. The van der Waals surface area contributed by atoms with Gasteiger partial charge in [-0.05, 0) is 6.92 Å². The maximum Gasteiger partial charge on any atom is 0.319 e. The zero-order chi connectivity index (χ0) is 18.4. The third kappa shape index (κ3) is 6.22. The lowest BCUT2D eigenvalue weighted by atomic mass is 9.94. The first kappa shape index (κ1) is 22.3. The Kier molecular flexibility index (Phi) is 8.44. The van der Waals surface area contributed by atoms with Crippen molar-refractivity contribution in [3.8, 4) is 0 Å². The topological polar surface area (TPSA) is 80.3 Å². The molecule has 2 aromatic heterocycles. The number of hydrogen-bond donors (Lipinski definition) is 2. The molecule has 0 amide bonds. The van der Waals surface area contributed by atoms with Gasteiger partial charge in [0.25, 0.3) is 0 Å². The molecule has 10 heteroatoms. The standard InChI is InChI=1S/C16H24F2N6O.HI/c1-5-19-15(22-9-12-20-6-7-24(12)14(17)18)23-10-13-21-8-11(25-13)16(2,3)4;/h6-8,14H,5,9-10H2,1-4H3,(H2,19,22,23);1H. The van der Waals surface area contributed by atoms with Gasteiger partial charge in [-0.1, -0.05) is 20.8 Å². The van der Waals surface area contributed by atoms with Gasteiger partial charge in [0.1, 0.15) is 18.1 Å². The Bertz CT molecular complexity index is 708. The highest BCUT2D eigenvalue weighted by atomic mass is 127. The minimum absolute atomic E-state index is 0. The zero-order valence-corrected chi connectivity index (χ0v) is 17.6. The number of imidazole rings is 1. The maximum atomic E-state index is 12.8. The summed E-state index contributed by atoms with van der Waals surface area (Å²) in [5.74, 6) is 2.00. The van der Waals surface area contributed by atoms with Crippen LogP contribution in [0.1, 0.15) is 51.7 Å². The van der Waals surface area contributed by atoms with Crippen LogP contribution in [0.5, 0.6) is 0 Å². The Morgan fingerprint density at radius 1 is 1.31 bits per heavy atom. The highest BCUT2D eigenvalue weighted by Gasteiger charge is 2.19. The molecule has 0 aliphatic carbocycles. The number of oxazole rings is 1. The van der Waals surface area contributed by atoms with E-state index in [0.717, 1.165) is 10.3 Å². The largest absolute Gasteiger partial charge is 0.443 e. The van der Waals surface area contributed by atoms with Crippen LogP contribution in [-0.4, -0.2) is 27.0 Å². The molecule has 146 valence electrons. The summed E-state index contributed by atoms with van der Waals surface area (Å²) in [6.45, 7) is 6.42. The van der Waals surface area contributed by atoms with Crippen molar-refractivity contribution in [3.63, 3.8) is 0 Å². The molecular weight excluding hydrogens is 457 g/mol. The Balaban J connectivity index is 0.00000338.